The first-order valence-corrected chi connectivity index (χ1v) is 7.04. The Labute approximate surface area is 120 Å². The molecule has 0 spiro atoms. The van der Waals surface area contributed by atoms with Gasteiger partial charge in [0.2, 0.25) is 17.8 Å². The van der Waals surface area contributed by atoms with E-state index in [1.54, 1.807) is 13.8 Å². The van der Waals surface area contributed by atoms with Crippen LogP contribution in [-0.2, 0) is 0 Å². The summed E-state index contributed by atoms with van der Waals surface area (Å²) in [6, 6.07) is 0. The number of hydrogen-bond acceptors (Lipinski definition) is 7. The molecule has 20 heavy (non-hydrogen) atoms. The third-order valence-corrected chi connectivity index (χ3v) is 2.92. The topological polar surface area (TPSA) is 91.4 Å². The van der Waals surface area contributed by atoms with Crippen LogP contribution in [-0.4, -0.2) is 51.8 Å². The minimum Gasteiger partial charge on any atom is -0.389 e. The lowest BCUT2D eigenvalue weighted by atomic mass is 10.1. The van der Waals surface area contributed by atoms with Crippen LogP contribution in [0, 0.1) is 0 Å². The van der Waals surface area contributed by atoms with E-state index in [1.165, 1.54) is 0 Å². The monoisotopic (exact) mass is 282 g/mol. The van der Waals surface area contributed by atoms with Crippen LogP contribution in [0.4, 0.5) is 17.8 Å². The number of rotatable bonds is 7. The predicted molar refractivity (Wildman–Crippen MR) is 82.0 cm³/mol. The molecule has 1 heterocycles. The summed E-state index contributed by atoms with van der Waals surface area (Å²) in [6.07, 6.45) is 0. The van der Waals surface area contributed by atoms with Crippen LogP contribution in [0.5, 0.6) is 0 Å². The fourth-order valence-electron chi connectivity index (χ4n) is 1.95. The van der Waals surface area contributed by atoms with Gasteiger partial charge in [0.25, 0.3) is 0 Å². The molecule has 0 amide bonds. The summed E-state index contributed by atoms with van der Waals surface area (Å²) in [5.41, 5.74) is 4.96. The molecule has 0 radical (unpaired) electrons. The van der Waals surface area contributed by atoms with Crippen LogP contribution in [0.1, 0.15) is 34.6 Å². The predicted octanol–water partition coefficient (Wildman–Crippen LogP) is 0.897. The minimum absolute atomic E-state index is 0.200. The average molecular weight is 282 g/mol. The van der Waals surface area contributed by atoms with Gasteiger partial charge < -0.3 is 20.6 Å². The van der Waals surface area contributed by atoms with E-state index in [4.69, 9.17) is 5.73 Å². The lowest BCUT2D eigenvalue weighted by Gasteiger charge is -2.29. The molecule has 0 aromatic carbocycles. The van der Waals surface area contributed by atoms with Gasteiger partial charge in [-0.1, -0.05) is 0 Å². The molecule has 7 nitrogen and oxygen atoms in total. The van der Waals surface area contributed by atoms with Gasteiger partial charge in [0.1, 0.15) is 0 Å². The summed E-state index contributed by atoms with van der Waals surface area (Å²) in [4.78, 5) is 16.7. The molecule has 0 fully saturated rings. The van der Waals surface area contributed by atoms with E-state index in [0.717, 1.165) is 13.1 Å². The Bertz CT molecular complexity index is 427. The highest BCUT2D eigenvalue weighted by molar-refractivity contribution is 5.43. The van der Waals surface area contributed by atoms with Gasteiger partial charge in [-0.25, -0.2) is 0 Å². The third-order valence-electron chi connectivity index (χ3n) is 2.92. The summed E-state index contributed by atoms with van der Waals surface area (Å²) in [5, 5.41) is 9.97. The van der Waals surface area contributed by atoms with Gasteiger partial charge in [-0.05, 0) is 34.6 Å². The van der Waals surface area contributed by atoms with E-state index in [1.807, 2.05) is 30.6 Å². The Morgan fingerprint density at radius 3 is 1.80 bits per heavy atom. The Morgan fingerprint density at radius 1 is 0.950 bits per heavy atom. The van der Waals surface area contributed by atoms with Gasteiger partial charge in [-0.3, -0.25) is 0 Å². The molecule has 0 saturated heterocycles. The first kappa shape index (κ1) is 16.4. The zero-order valence-corrected chi connectivity index (χ0v) is 13.1. The van der Waals surface area contributed by atoms with Crippen molar-refractivity contribution in [1.29, 1.82) is 0 Å². The van der Waals surface area contributed by atoms with Crippen LogP contribution in [0.25, 0.3) is 0 Å². The molecular weight excluding hydrogens is 256 g/mol. The average Bonchev–Trinajstić information content (AvgIpc) is 2.35. The number of anilines is 3. The Hall–Kier alpha value is -1.63. The summed E-state index contributed by atoms with van der Waals surface area (Å²) >= 11 is 0. The molecule has 1 aromatic rings. The van der Waals surface area contributed by atoms with Crippen molar-refractivity contribution in [1.82, 2.24) is 15.0 Å². The second kappa shape index (κ2) is 6.69. The lowest BCUT2D eigenvalue weighted by Crippen LogP contribution is -2.40. The molecule has 0 bridgehead atoms. The number of aromatic nitrogens is 3. The van der Waals surface area contributed by atoms with Crippen molar-refractivity contribution in [3.05, 3.63) is 0 Å². The molecule has 3 N–H and O–H groups in total. The molecule has 7 heteroatoms. The second-order valence-electron chi connectivity index (χ2n) is 5.29. The molecule has 0 aliphatic carbocycles. The van der Waals surface area contributed by atoms with Gasteiger partial charge in [0, 0.05) is 26.2 Å². The first-order valence-electron chi connectivity index (χ1n) is 7.04. The van der Waals surface area contributed by atoms with Gasteiger partial charge in [0.15, 0.2) is 0 Å². The SMILES string of the molecule is CCN(CC)c1nc(N)nc(N(CC)CC(C)(C)O)n1. The third kappa shape index (κ3) is 4.48. The molecular formula is C13H26N6O. The highest BCUT2D eigenvalue weighted by atomic mass is 16.3. The van der Waals surface area contributed by atoms with Gasteiger partial charge >= 0.3 is 0 Å². The molecule has 114 valence electrons. The quantitative estimate of drug-likeness (QED) is 0.767. The fourth-order valence-corrected chi connectivity index (χ4v) is 1.95. The maximum Gasteiger partial charge on any atom is 0.232 e. The number of nitrogen functional groups attached to an aromatic ring is 1. The summed E-state index contributed by atoms with van der Waals surface area (Å²) in [5.74, 6) is 1.28. The van der Waals surface area contributed by atoms with E-state index in [9.17, 15) is 5.11 Å². The van der Waals surface area contributed by atoms with Crippen molar-refractivity contribution in [3.8, 4) is 0 Å². The van der Waals surface area contributed by atoms with E-state index >= 15 is 0 Å². The van der Waals surface area contributed by atoms with Gasteiger partial charge in [-0.2, -0.15) is 15.0 Å². The Balaban J connectivity index is 3.10. The molecule has 0 saturated carbocycles. The van der Waals surface area contributed by atoms with Crippen LogP contribution in [0.2, 0.25) is 0 Å². The highest BCUT2D eigenvalue weighted by Crippen LogP contribution is 2.17. The smallest absolute Gasteiger partial charge is 0.232 e. The largest absolute Gasteiger partial charge is 0.389 e. The van der Waals surface area contributed by atoms with E-state index in [-0.39, 0.29) is 5.95 Å². The zero-order chi connectivity index (χ0) is 15.3. The van der Waals surface area contributed by atoms with Gasteiger partial charge in [0.05, 0.1) is 5.60 Å². The van der Waals surface area contributed by atoms with E-state index in [0.29, 0.717) is 25.0 Å². The highest BCUT2D eigenvalue weighted by Gasteiger charge is 2.21. The summed E-state index contributed by atoms with van der Waals surface area (Å²) in [6.45, 7) is 12.3. The zero-order valence-electron chi connectivity index (χ0n) is 13.1. The molecule has 0 aliphatic heterocycles. The van der Waals surface area contributed by atoms with Crippen LogP contribution < -0.4 is 15.5 Å². The number of aliphatic hydroxyl groups is 1. The number of hydrogen-bond donors (Lipinski definition) is 2. The molecule has 0 aliphatic rings. The van der Waals surface area contributed by atoms with Crippen LogP contribution in [0.3, 0.4) is 0 Å². The van der Waals surface area contributed by atoms with Crippen LogP contribution >= 0.6 is 0 Å². The standard InChI is InChI=1S/C13H26N6O/c1-6-18(7-2)11-15-10(14)16-12(17-11)19(8-3)9-13(4,5)20/h20H,6-9H2,1-5H3,(H2,14,15,16,17). The Morgan fingerprint density at radius 2 is 1.40 bits per heavy atom. The summed E-state index contributed by atoms with van der Waals surface area (Å²) < 4.78 is 0. The maximum absolute atomic E-state index is 9.97. The van der Waals surface area contributed by atoms with E-state index < -0.39 is 5.60 Å². The second-order valence-corrected chi connectivity index (χ2v) is 5.29. The number of nitrogens with two attached hydrogens (primary N) is 1. The van der Waals surface area contributed by atoms with Crippen molar-refractivity contribution in [2.75, 3.05) is 41.7 Å². The van der Waals surface area contributed by atoms with Crippen molar-refractivity contribution < 1.29 is 5.11 Å². The van der Waals surface area contributed by atoms with Crippen LogP contribution in [0.15, 0.2) is 0 Å². The van der Waals surface area contributed by atoms with Crippen molar-refractivity contribution >= 4 is 17.8 Å². The summed E-state index contributed by atoms with van der Waals surface area (Å²) in [7, 11) is 0. The van der Waals surface area contributed by atoms with Crippen molar-refractivity contribution in [3.63, 3.8) is 0 Å². The molecule has 1 aromatic heterocycles. The molecule has 1 rings (SSSR count). The maximum atomic E-state index is 9.97. The van der Waals surface area contributed by atoms with E-state index in [2.05, 4.69) is 15.0 Å². The van der Waals surface area contributed by atoms with Crippen molar-refractivity contribution in [2.24, 2.45) is 0 Å². The fraction of sp³-hybridized carbons (Fsp3) is 0.769. The number of likely N-dealkylation sites (N-methyl/N-ethyl adjacent to an activating group) is 1. The normalized spacial score (nSPS) is 11.5. The Kier molecular flexibility index (Phi) is 5.50. The molecule has 0 atom stereocenters. The van der Waals surface area contributed by atoms with Crippen molar-refractivity contribution in [2.45, 2.75) is 40.2 Å². The molecule has 0 unspecified atom stereocenters. The lowest BCUT2D eigenvalue weighted by molar-refractivity contribution is 0.0872. The minimum atomic E-state index is -0.827. The first-order chi connectivity index (χ1) is 9.30. The van der Waals surface area contributed by atoms with Gasteiger partial charge in [-0.15, -0.1) is 0 Å². The number of nitrogens with zero attached hydrogens (tertiary/aromatic N) is 5.